The number of rotatable bonds is 4. The van der Waals surface area contributed by atoms with E-state index < -0.39 is 0 Å². The van der Waals surface area contributed by atoms with Crippen LogP contribution in [-0.2, 0) is 4.74 Å². The topological polar surface area (TPSA) is 79.9 Å². The van der Waals surface area contributed by atoms with Crippen LogP contribution in [0.3, 0.4) is 0 Å². The number of hydrogen-bond donors (Lipinski definition) is 3. The lowest BCUT2D eigenvalue weighted by Gasteiger charge is -2.14. The van der Waals surface area contributed by atoms with E-state index in [2.05, 4.69) is 10.5 Å². The predicted molar refractivity (Wildman–Crippen MR) is 49.8 cm³/mol. The maximum absolute atomic E-state index is 8.40. The van der Waals surface area contributed by atoms with E-state index >= 15 is 0 Å². The molecular formula is C8H17N3O2. The maximum Gasteiger partial charge on any atom is 0.156 e. The molecule has 1 heterocycles. The van der Waals surface area contributed by atoms with E-state index in [1.54, 1.807) is 0 Å². The molecule has 0 radical (unpaired) electrons. The molecule has 0 spiro atoms. The molecular weight excluding hydrogens is 170 g/mol. The lowest BCUT2D eigenvalue weighted by atomic mass is 10.1. The quantitative estimate of drug-likeness (QED) is 0.245. The molecule has 1 rings (SSSR count). The Kier molecular flexibility index (Phi) is 3.98. The first kappa shape index (κ1) is 10.3. The summed E-state index contributed by atoms with van der Waals surface area (Å²) < 4.78 is 5.23. The Morgan fingerprint density at radius 3 is 3.15 bits per heavy atom. The van der Waals surface area contributed by atoms with Crippen LogP contribution in [-0.4, -0.2) is 36.8 Å². The van der Waals surface area contributed by atoms with Crippen LogP contribution in [0, 0.1) is 5.92 Å². The summed E-state index contributed by atoms with van der Waals surface area (Å²) in [6.07, 6.45) is 1.09. The van der Waals surface area contributed by atoms with Gasteiger partial charge in [-0.15, -0.1) is 0 Å². The summed E-state index contributed by atoms with van der Waals surface area (Å²) in [4.78, 5) is 0. The molecule has 5 nitrogen and oxygen atoms in total. The van der Waals surface area contributed by atoms with Crippen LogP contribution in [0.2, 0.25) is 0 Å². The number of ether oxygens (including phenoxy) is 1. The third kappa shape index (κ3) is 3.20. The highest BCUT2D eigenvalue weighted by Crippen LogP contribution is 2.10. The van der Waals surface area contributed by atoms with E-state index in [1.165, 1.54) is 0 Å². The molecule has 1 fully saturated rings. The van der Waals surface area contributed by atoms with Crippen molar-refractivity contribution in [3.05, 3.63) is 0 Å². The monoisotopic (exact) mass is 187 g/mol. The Hall–Kier alpha value is -0.810. The fourth-order valence-corrected chi connectivity index (χ4v) is 1.28. The molecule has 0 bridgehead atoms. The first-order valence-electron chi connectivity index (χ1n) is 4.52. The molecule has 0 aromatic heterocycles. The SMILES string of the molecule is CC(NCC1CCOC1)C(N)=NO. The Morgan fingerprint density at radius 1 is 1.85 bits per heavy atom. The third-order valence-electron chi connectivity index (χ3n) is 2.30. The first-order chi connectivity index (χ1) is 6.24. The van der Waals surface area contributed by atoms with E-state index in [0.717, 1.165) is 26.2 Å². The summed E-state index contributed by atoms with van der Waals surface area (Å²) in [6.45, 7) is 4.39. The molecule has 76 valence electrons. The van der Waals surface area contributed by atoms with Crippen molar-refractivity contribution in [1.29, 1.82) is 0 Å². The van der Waals surface area contributed by atoms with Crippen molar-refractivity contribution < 1.29 is 9.94 Å². The lowest BCUT2D eigenvalue weighted by Crippen LogP contribution is -2.41. The zero-order chi connectivity index (χ0) is 9.68. The van der Waals surface area contributed by atoms with Crippen LogP contribution < -0.4 is 11.1 Å². The molecule has 0 amide bonds. The Bertz CT molecular complexity index is 178. The molecule has 1 aliphatic heterocycles. The zero-order valence-electron chi connectivity index (χ0n) is 7.86. The van der Waals surface area contributed by atoms with Crippen LogP contribution >= 0.6 is 0 Å². The summed E-state index contributed by atoms with van der Waals surface area (Å²) in [6, 6.07) is -0.0781. The number of nitrogens with one attached hydrogen (secondary N) is 1. The Labute approximate surface area is 77.9 Å². The number of oxime groups is 1. The van der Waals surface area contributed by atoms with Gasteiger partial charge in [0, 0.05) is 13.2 Å². The second kappa shape index (κ2) is 5.04. The van der Waals surface area contributed by atoms with E-state index in [1.807, 2.05) is 6.92 Å². The largest absolute Gasteiger partial charge is 0.409 e. The zero-order valence-corrected chi connectivity index (χ0v) is 7.86. The van der Waals surface area contributed by atoms with Crippen LogP contribution in [0.5, 0.6) is 0 Å². The average Bonchev–Trinajstić information content (AvgIpc) is 2.65. The number of nitrogens with zero attached hydrogens (tertiary/aromatic N) is 1. The van der Waals surface area contributed by atoms with Gasteiger partial charge in [0.2, 0.25) is 0 Å². The fraction of sp³-hybridized carbons (Fsp3) is 0.875. The van der Waals surface area contributed by atoms with Gasteiger partial charge < -0.3 is 21.0 Å². The summed E-state index contributed by atoms with van der Waals surface area (Å²) in [5.74, 6) is 0.785. The fourth-order valence-electron chi connectivity index (χ4n) is 1.28. The van der Waals surface area contributed by atoms with Gasteiger partial charge in [0.15, 0.2) is 5.84 Å². The van der Waals surface area contributed by atoms with E-state index in [4.69, 9.17) is 15.7 Å². The molecule has 0 aromatic carbocycles. The molecule has 2 atom stereocenters. The highest BCUT2D eigenvalue weighted by molar-refractivity contribution is 5.84. The van der Waals surface area contributed by atoms with Gasteiger partial charge in [0.1, 0.15) is 0 Å². The van der Waals surface area contributed by atoms with E-state index in [9.17, 15) is 0 Å². The molecule has 1 saturated heterocycles. The summed E-state index contributed by atoms with van der Waals surface area (Å²) in [7, 11) is 0. The Morgan fingerprint density at radius 2 is 2.62 bits per heavy atom. The minimum absolute atomic E-state index is 0.0781. The minimum Gasteiger partial charge on any atom is -0.409 e. The molecule has 5 heteroatoms. The molecule has 1 aliphatic rings. The van der Waals surface area contributed by atoms with E-state index in [-0.39, 0.29) is 11.9 Å². The van der Waals surface area contributed by atoms with Gasteiger partial charge in [0.25, 0.3) is 0 Å². The highest BCUT2D eigenvalue weighted by Gasteiger charge is 2.16. The molecule has 0 aromatic rings. The Balaban J connectivity index is 2.17. The lowest BCUT2D eigenvalue weighted by molar-refractivity contribution is 0.185. The van der Waals surface area contributed by atoms with Crippen molar-refractivity contribution in [2.75, 3.05) is 19.8 Å². The first-order valence-corrected chi connectivity index (χ1v) is 4.52. The van der Waals surface area contributed by atoms with Gasteiger partial charge in [-0.3, -0.25) is 0 Å². The molecule has 0 aliphatic carbocycles. The normalized spacial score (nSPS) is 26.2. The second-order valence-corrected chi connectivity index (χ2v) is 3.38. The maximum atomic E-state index is 8.40. The third-order valence-corrected chi connectivity index (χ3v) is 2.30. The molecule has 4 N–H and O–H groups in total. The van der Waals surface area contributed by atoms with Gasteiger partial charge in [-0.2, -0.15) is 0 Å². The van der Waals surface area contributed by atoms with Crippen molar-refractivity contribution in [1.82, 2.24) is 5.32 Å². The van der Waals surface area contributed by atoms with Crippen LogP contribution in [0.1, 0.15) is 13.3 Å². The number of nitrogens with two attached hydrogens (primary N) is 1. The minimum atomic E-state index is -0.0781. The second-order valence-electron chi connectivity index (χ2n) is 3.38. The highest BCUT2D eigenvalue weighted by atomic mass is 16.5. The molecule has 13 heavy (non-hydrogen) atoms. The average molecular weight is 187 g/mol. The van der Waals surface area contributed by atoms with Crippen LogP contribution in [0.4, 0.5) is 0 Å². The predicted octanol–water partition coefficient (Wildman–Crippen LogP) is -0.253. The number of hydrogen-bond acceptors (Lipinski definition) is 4. The van der Waals surface area contributed by atoms with Crippen LogP contribution in [0.25, 0.3) is 0 Å². The van der Waals surface area contributed by atoms with Crippen LogP contribution in [0.15, 0.2) is 5.16 Å². The summed E-state index contributed by atoms with van der Waals surface area (Å²) in [5, 5.41) is 14.5. The van der Waals surface area contributed by atoms with Gasteiger partial charge in [-0.1, -0.05) is 5.16 Å². The number of amidine groups is 1. The van der Waals surface area contributed by atoms with Gasteiger partial charge in [-0.25, -0.2) is 0 Å². The molecule has 2 unspecified atom stereocenters. The van der Waals surface area contributed by atoms with Crippen molar-refractivity contribution in [3.63, 3.8) is 0 Å². The standard InChI is InChI=1S/C8H17N3O2/c1-6(8(9)11-12)10-4-7-2-3-13-5-7/h6-7,10,12H,2-5H2,1H3,(H2,9,11). The summed E-state index contributed by atoms with van der Waals surface area (Å²) in [5.41, 5.74) is 5.41. The van der Waals surface area contributed by atoms with Crippen molar-refractivity contribution in [2.24, 2.45) is 16.8 Å². The smallest absolute Gasteiger partial charge is 0.156 e. The van der Waals surface area contributed by atoms with Gasteiger partial charge in [-0.05, 0) is 19.3 Å². The van der Waals surface area contributed by atoms with Crippen molar-refractivity contribution in [3.8, 4) is 0 Å². The van der Waals surface area contributed by atoms with E-state index in [0.29, 0.717) is 5.92 Å². The molecule has 0 saturated carbocycles. The van der Waals surface area contributed by atoms with Crippen molar-refractivity contribution in [2.45, 2.75) is 19.4 Å². The van der Waals surface area contributed by atoms with Gasteiger partial charge in [0.05, 0.1) is 12.6 Å². The van der Waals surface area contributed by atoms with Gasteiger partial charge >= 0.3 is 0 Å². The summed E-state index contributed by atoms with van der Waals surface area (Å²) >= 11 is 0. The van der Waals surface area contributed by atoms with Crippen molar-refractivity contribution >= 4 is 5.84 Å².